The van der Waals surface area contributed by atoms with Crippen LogP contribution >= 0.6 is 27.5 Å². The highest BCUT2D eigenvalue weighted by Gasteiger charge is 2.23. The Balaban J connectivity index is 2.27. The Morgan fingerprint density at radius 1 is 1.43 bits per heavy atom. The Hall–Kier alpha value is -0.150. The summed E-state index contributed by atoms with van der Waals surface area (Å²) < 4.78 is 0.848. The van der Waals surface area contributed by atoms with Crippen molar-refractivity contribution in [3.05, 3.63) is 21.1 Å². The second-order valence-electron chi connectivity index (χ2n) is 3.69. The third-order valence-corrected chi connectivity index (χ3v) is 3.76. The summed E-state index contributed by atoms with van der Waals surface area (Å²) in [7, 11) is 0. The molecule has 0 atom stereocenters. The molecule has 1 aromatic heterocycles. The maximum atomic E-state index is 6.00. The first-order valence-electron chi connectivity index (χ1n) is 4.91. The lowest BCUT2D eigenvalue weighted by Gasteiger charge is -2.05. The van der Waals surface area contributed by atoms with Gasteiger partial charge in [0.2, 0.25) is 0 Å². The molecule has 4 heteroatoms. The number of rotatable bonds is 3. The Morgan fingerprint density at radius 2 is 2.14 bits per heavy atom. The van der Waals surface area contributed by atoms with Crippen LogP contribution in [0.5, 0.6) is 0 Å². The largest absolute Gasteiger partial charge is 0.237 e. The second kappa shape index (κ2) is 4.15. The lowest BCUT2D eigenvalue weighted by Crippen LogP contribution is -2.02. The van der Waals surface area contributed by atoms with Gasteiger partial charge < -0.3 is 0 Å². The normalized spacial score (nSPS) is 15.9. The predicted octanol–water partition coefficient (Wildman–Crippen LogP) is 3.41. The molecule has 2 nitrogen and oxygen atoms in total. The number of nitrogens with zero attached hydrogens (tertiary/aromatic N) is 2. The minimum Gasteiger partial charge on any atom is -0.237 e. The standard InChI is InChI=1S/C10H12BrClN2/c1-2-7-9(11)10(12)14-8(13-7)5-6-3-4-6/h6H,2-5H2,1H3. The molecule has 1 aliphatic carbocycles. The summed E-state index contributed by atoms with van der Waals surface area (Å²) in [6, 6.07) is 0. The molecule has 1 aromatic rings. The topological polar surface area (TPSA) is 25.8 Å². The van der Waals surface area contributed by atoms with E-state index in [1.54, 1.807) is 0 Å². The highest BCUT2D eigenvalue weighted by Crippen LogP contribution is 2.33. The number of aryl methyl sites for hydroxylation is 1. The quantitative estimate of drug-likeness (QED) is 0.790. The van der Waals surface area contributed by atoms with E-state index in [2.05, 4.69) is 32.8 Å². The highest BCUT2D eigenvalue weighted by atomic mass is 79.9. The van der Waals surface area contributed by atoms with Crippen LogP contribution in [-0.4, -0.2) is 9.97 Å². The first kappa shape index (κ1) is 10.4. The van der Waals surface area contributed by atoms with E-state index >= 15 is 0 Å². The molecule has 0 N–H and O–H groups in total. The Kier molecular flexibility index (Phi) is 3.07. The summed E-state index contributed by atoms with van der Waals surface area (Å²) in [4.78, 5) is 8.76. The summed E-state index contributed by atoms with van der Waals surface area (Å²) in [5.74, 6) is 1.70. The van der Waals surface area contributed by atoms with Gasteiger partial charge in [0, 0.05) is 6.42 Å². The molecule has 0 aromatic carbocycles. The van der Waals surface area contributed by atoms with Crippen LogP contribution in [-0.2, 0) is 12.8 Å². The third kappa shape index (κ3) is 2.26. The SMILES string of the molecule is CCc1nc(CC2CC2)nc(Cl)c1Br. The molecular formula is C10H12BrClN2. The van der Waals surface area contributed by atoms with Crippen LogP contribution in [0.1, 0.15) is 31.3 Å². The molecule has 0 bridgehead atoms. The fraction of sp³-hybridized carbons (Fsp3) is 0.600. The zero-order valence-corrected chi connectivity index (χ0v) is 10.4. The average Bonchev–Trinajstić information content (AvgIpc) is 2.95. The van der Waals surface area contributed by atoms with Crippen molar-refractivity contribution in [3.8, 4) is 0 Å². The molecule has 2 rings (SSSR count). The van der Waals surface area contributed by atoms with Crippen LogP contribution in [0.25, 0.3) is 0 Å². The number of aromatic nitrogens is 2. The Bertz CT molecular complexity index is 350. The highest BCUT2D eigenvalue weighted by molar-refractivity contribution is 9.10. The molecule has 0 spiro atoms. The summed E-state index contributed by atoms with van der Waals surface area (Å²) in [5.41, 5.74) is 1.01. The molecule has 0 saturated heterocycles. The van der Waals surface area contributed by atoms with Crippen LogP contribution < -0.4 is 0 Å². The van der Waals surface area contributed by atoms with E-state index in [0.717, 1.165) is 34.8 Å². The molecule has 1 heterocycles. The monoisotopic (exact) mass is 274 g/mol. The van der Waals surface area contributed by atoms with Crippen LogP contribution in [0.4, 0.5) is 0 Å². The fourth-order valence-electron chi connectivity index (χ4n) is 1.42. The van der Waals surface area contributed by atoms with Gasteiger partial charge in [-0.1, -0.05) is 18.5 Å². The van der Waals surface area contributed by atoms with E-state index in [-0.39, 0.29) is 0 Å². The summed E-state index contributed by atoms with van der Waals surface area (Å²) in [6.45, 7) is 2.07. The minimum absolute atomic E-state index is 0.549. The third-order valence-electron chi connectivity index (χ3n) is 2.43. The molecule has 0 unspecified atom stereocenters. The van der Waals surface area contributed by atoms with Gasteiger partial charge in [0.05, 0.1) is 10.2 Å². The van der Waals surface area contributed by atoms with E-state index in [4.69, 9.17) is 11.6 Å². The molecule has 76 valence electrons. The van der Waals surface area contributed by atoms with E-state index in [9.17, 15) is 0 Å². The molecule has 0 radical (unpaired) electrons. The molecule has 1 saturated carbocycles. The Morgan fingerprint density at radius 3 is 2.71 bits per heavy atom. The summed E-state index contributed by atoms with van der Waals surface area (Å²) in [6.07, 6.45) is 4.51. The van der Waals surface area contributed by atoms with Crippen molar-refractivity contribution in [2.75, 3.05) is 0 Å². The maximum Gasteiger partial charge on any atom is 0.147 e. The summed E-state index contributed by atoms with van der Waals surface area (Å²) in [5, 5.41) is 0.549. The van der Waals surface area contributed by atoms with Crippen LogP contribution in [0.2, 0.25) is 5.15 Å². The van der Waals surface area contributed by atoms with Crippen molar-refractivity contribution >= 4 is 27.5 Å². The van der Waals surface area contributed by atoms with E-state index in [1.807, 2.05) is 0 Å². The van der Waals surface area contributed by atoms with Crippen molar-refractivity contribution in [1.29, 1.82) is 0 Å². The molecule has 0 amide bonds. The van der Waals surface area contributed by atoms with Gasteiger partial charge in [-0.3, -0.25) is 0 Å². The lowest BCUT2D eigenvalue weighted by molar-refractivity contribution is 0.755. The van der Waals surface area contributed by atoms with Gasteiger partial charge in [-0.25, -0.2) is 9.97 Å². The molecule has 0 aliphatic heterocycles. The lowest BCUT2D eigenvalue weighted by atomic mass is 10.2. The van der Waals surface area contributed by atoms with Crippen molar-refractivity contribution in [3.63, 3.8) is 0 Å². The van der Waals surface area contributed by atoms with Gasteiger partial charge in [0.25, 0.3) is 0 Å². The number of hydrogen-bond donors (Lipinski definition) is 0. The van der Waals surface area contributed by atoms with Crippen molar-refractivity contribution in [2.45, 2.75) is 32.6 Å². The van der Waals surface area contributed by atoms with Crippen LogP contribution in [0.15, 0.2) is 4.47 Å². The van der Waals surface area contributed by atoms with E-state index in [1.165, 1.54) is 12.8 Å². The number of hydrogen-bond acceptors (Lipinski definition) is 2. The predicted molar refractivity (Wildman–Crippen MR) is 60.5 cm³/mol. The zero-order chi connectivity index (χ0) is 10.1. The number of halogens is 2. The van der Waals surface area contributed by atoms with Crippen molar-refractivity contribution < 1.29 is 0 Å². The second-order valence-corrected chi connectivity index (χ2v) is 4.84. The zero-order valence-electron chi connectivity index (χ0n) is 8.06. The van der Waals surface area contributed by atoms with Gasteiger partial charge >= 0.3 is 0 Å². The van der Waals surface area contributed by atoms with Gasteiger partial charge in [-0.15, -0.1) is 0 Å². The van der Waals surface area contributed by atoms with Gasteiger partial charge in [0.1, 0.15) is 11.0 Å². The molecule has 1 fully saturated rings. The van der Waals surface area contributed by atoms with Crippen LogP contribution in [0, 0.1) is 5.92 Å². The first-order valence-corrected chi connectivity index (χ1v) is 6.08. The first-order chi connectivity index (χ1) is 6.70. The van der Waals surface area contributed by atoms with E-state index in [0.29, 0.717) is 5.15 Å². The minimum atomic E-state index is 0.549. The van der Waals surface area contributed by atoms with Gasteiger partial charge in [0.15, 0.2) is 0 Å². The summed E-state index contributed by atoms with van der Waals surface area (Å²) >= 11 is 9.40. The molecule has 14 heavy (non-hydrogen) atoms. The fourth-order valence-corrected chi connectivity index (χ4v) is 2.08. The van der Waals surface area contributed by atoms with E-state index < -0.39 is 0 Å². The molecule has 1 aliphatic rings. The van der Waals surface area contributed by atoms with Crippen LogP contribution in [0.3, 0.4) is 0 Å². The Labute approximate surface area is 97.2 Å². The molecular weight excluding hydrogens is 263 g/mol. The van der Waals surface area contributed by atoms with Crippen molar-refractivity contribution in [1.82, 2.24) is 9.97 Å². The van der Waals surface area contributed by atoms with Gasteiger partial charge in [-0.2, -0.15) is 0 Å². The average molecular weight is 276 g/mol. The smallest absolute Gasteiger partial charge is 0.147 e. The van der Waals surface area contributed by atoms with Gasteiger partial charge in [-0.05, 0) is 41.1 Å². The van der Waals surface area contributed by atoms with Crippen molar-refractivity contribution in [2.24, 2.45) is 5.92 Å². The maximum absolute atomic E-state index is 6.00.